The molecule has 0 rings (SSSR count). The fourth-order valence-electron chi connectivity index (χ4n) is 0.282. The van der Waals surface area contributed by atoms with Crippen molar-refractivity contribution in [3.05, 3.63) is 0 Å². The molecular weight excluding hydrogens is 94.0 g/mol. The quantitative estimate of drug-likeness (QED) is 0.392. The first kappa shape index (κ1) is 6.88. The van der Waals surface area contributed by atoms with E-state index in [1.54, 1.807) is 0 Å². The number of rotatable bonds is 3. The standard InChI is InChI=1S/C4H11NO2/c1-2-4(3-6)5-7/h4-7H,2-3H2,1H3/p+1/t4-/m1/s1. The van der Waals surface area contributed by atoms with Crippen LogP contribution < -0.4 is 5.48 Å². The van der Waals surface area contributed by atoms with Crippen molar-refractivity contribution in [1.82, 2.24) is 0 Å². The first-order valence-electron chi connectivity index (χ1n) is 2.43. The van der Waals surface area contributed by atoms with E-state index in [2.05, 4.69) is 0 Å². The lowest BCUT2D eigenvalue weighted by Gasteiger charge is -2.01. The van der Waals surface area contributed by atoms with E-state index in [0.29, 0.717) is 0 Å². The van der Waals surface area contributed by atoms with Gasteiger partial charge in [-0.2, -0.15) is 5.48 Å². The van der Waals surface area contributed by atoms with E-state index in [4.69, 9.17) is 10.3 Å². The Morgan fingerprint density at radius 1 is 1.71 bits per heavy atom. The van der Waals surface area contributed by atoms with Crippen molar-refractivity contribution >= 4 is 0 Å². The number of aliphatic hydroxyl groups excluding tert-OH is 1. The van der Waals surface area contributed by atoms with Gasteiger partial charge < -0.3 is 5.11 Å². The highest BCUT2D eigenvalue weighted by atomic mass is 16.5. The highest BCUT2D eigenvalue weighted by molar-refractivity contribution is 4.42. The highest BCUT2D eigenvalue weighted by Crippen LogP contribution is 1.77. The average Bonchev–Trinajstić information content (AvgIpc) is 1.72. The maximum Gasteiger partial charge on any atom is 0.138 e. The molecule has 3 nitrogen and oxygen atoms in total. The summed E-state index contributed by atoms with van der Waals surface area (Å²) in [6, 6.07) is -0.0278. The van der Waals surface area contributed by atoms with Crippen molar-refractivity contribution in [1.29, 1.82) is 0 Å². The molecule has 7 heavy (non-hydrogen) atoms. The van der Waals surface area contributed by atoms with Crippen molar-refractivity contribution in [3.63, 3.8) is 0 Å². The highest BCUT2D eigenvalue weighted by Gasteiger charge is 2.02. The number of aliphatic hydroxyl groups is 1. The first-order chi connectivity index (χ1) is 3.35. The Morgan fingerprint density at radius 2 is 2.29 bits per heavy atom. The molecule has 3 heteroatoms. The molecule has 0 aromatic heterocycles. The second kappa shape index (κ2) is 4.05. The molecule has 0 aromatic rings. The Hall–Kier alpha value is -0.120. The predicted molar refractivity (Wildman–Crippen MR) is 24.9 cm³/mol. The van der Waals surface area contributed by atoms with E-state index in [0.717, 1.165) is 11.9 Å². The van der Waals surface area contributed by atoms with Crippen molar-refractivity contribution in [2.75, 3.05) is 6.61 Å². The fraction of sp³-hybridized carbons (Fsp3) is 1.00. The summed E-state index contributed by atoms with van der Waals surface area (Å²) in [4.78, 5) is 0. The third-order valence-electron chi connectivity index (χ3n) is 0.970. The second-order valence-electron chi connectivity index (χ2n) is 1.50. The minimum absolute atomic E-state index is 0.0278. The number of hydroxylamine groups is 1. The largest absolute Gasteiger partial charge is 0.390 e. The molecule has 0 saturated carbocycles. The van der Waals surface area contributed by atoms with Crippen molar-refractivity contribution in [2.45, 2.75) is 19.4 Å². The molecule has 44 valence electrons. The topological polar surface area (TPSA) is 57.1 Å². The molecule has 0 fully saturated rings. The van der Waals surface area contributed by atoms with Gasteiger partial charge in [0.05, 0.1) is 6.61 Å². The normalized spacial score (nSPS) is 14.1. The van der Waals surface area contributed by atoms with Crippen LogP contribution in [0.15, 0.2) is 0 Å². The second-order valence-corrected chi connectivity index (χ2v) is 1.50. The zero-order valence-electron chi connectivity index (χ0n) is 4.46. The van der Waals surface area contributed by atoms with Crippen molar-refractivity contribution in [3.8, 4) is 0 Å². The van der Waals surface area contributed by atoms with Crippen LogP contribution in [0.5, 0.6) is 0 Å². The Balaban J connectivity index is 2.99. The van der Waals surface area contributed by atoms with Crippen LogP contribution in [0.2, 0.25) is 0 Å². The van der Waals surface area contributed by atoms with Gasteiger partial charge in [-0.25, -0.2) is 5.21 Å². The molecule has 1 atom stereocenters. The van der Waals surface area contributed by atoms with Gasteiger partial charge in [0, 0.05) is 6.42 Å². The molecule has 4 N–H and O–H groups in total. The van der Waals surface area contributed by atoms with Gasteiger partial charge in [-0.05, 0) is 0 Å². The first-order valence-corrected chi connectivity index (χ1v) is 2.43. The van der Waals surface area contributed by atoms with Crippen LogP contribution in [-0.4, -0.2) is 23.0 Å². The molecule has 0 aliphatic rings. The summed E-state index contributed by atoms with van der Waals surface area (Å²) in [5.74, 6) is 0. The molecule has 0 heterocycles. The SMILES string of the molecule is CC[C@H](CO)[NH2+]O. The maximum absolute atomic E-state index is 8.33. The number of quaternary nitrogens is 1. The lowest BCUT2D eigenvalue weighted by Crippen LogP contribution is -2.87. The molecule has 0 amide bonds. The summed E-state index contributed by atoms with van der Waals surface area (Å²) in [6.45, 7) is 1.96. The molecule has 0 aliphatic carbocycles. The van der Waals surface area contributed by atoms with Gasteiger partial charge in [0.2, 0.25) is 0 Å². The zero-order chi connectivity index (χ0) is 5.70. The van der Waals surface area contributed by atoms with E-state index in [-0.39, 0.29) is 12.6 Å². The molecule has 0 bridgehead atoms. The van der Waals surface area contributed by atoms with E-state index in [1.807, 2.05) is 6.92 Å². The van der Waals surface area contributed by atoms with Crippen molar-refractivity contribution < 1.29 is 15.8 Å². The molecule has 0 aliphatic heterocycles. The van der Waals surface area contributed by atoms with Crippen LogP contribution in [0.1, 0.15) is 13.3 Å². The summed E-state index contributed by atoms with van der Waals surface area (Å²) in [5.41, 5.74) is 1.03. The van der Waals surface area contributed by atoms with Crippen LogP contribution >= 0.6 is 0 Å². The van der Waals surface area contributed by atoms with E-state index in [9.17, 15) is 0 Å². The van der Waals surface area contributed by atoms with E-state index < -0.39 is 0 Å². The number of hydrogen-bond acceptors (Lipinski definition) is 2. The molecular formula is C4H12NO2+. The average molecular weight is 106 g/mol. The van der Waals surface area contributed by atoms with Gasteiger partial charge in [-0.3, -0.25) is 0 Å². The van der Waals surface area contributed by atoms with Gasteiger partial charge in [0.25, 0.3) is 0 Å². The smallest absolute Gasteiger partial charge is 0.138 e. The van der Waals surface area contributed by atoms with Crippen molar-refractivity contribution in [2.24, 2.45) is 0 Å². The summed E-state index contributed by atoms with van der Waals surface area (Å²) < 4.78 is 0. The van der Waals surface area contributed by atoms with Gasteiger partial charge >= 0.3 is 0 Å². The number of nitrogens with two attached hydrogens (primary N) is 1. The van der Waals surface area contributed by atoms with Crippen LogP contribution in [0.3, 0.4) is 0 Å². The lowest BCUT2D eigenvalue weighted by atomic mass is 10.3. The molecule has 0 unspecified atom stereocenters. The van der Waals surface area contributed by atoms with Crippen LogP contribution in [-0.2, 0) is 0 Å². The Morgan fingerprint density at radius 3 is 2.29 bits per heavy atom. The van der Waals surface area contributed by atoms with E-state index >= 15 is 0 Å². The maximum atomic E-state index is 8.33. The monoisotopic (exact) mass is 106 g/mol. The van der Waals surface area contributed by atoms with Gasteiger partial charge in [0.1, 0.15) is 6.04 Å². The zero-order valence-corrected chi connectivity index (χ0v) is 4.46. The lowest BCUT2D eigenvalue weighted by molar-refractivity contribution is -0.910. The third-order valence-corrected chi connectivity index (χ3v) is 0.970. The van der Waals surface area contributed by atoms with Gasteiger partial charge in [-0.1, -0.05) is 6.92 Å². The third kappa shape index (κ3) is 2.56. The minimum atomic E-state index is -0.0278. The molecule has 0 spiro atoms. The summed E-state index contributed by atoms with van der Waals surface area (Å²) >= 11 is 0. The molecule has 0 radical (unpaired) electrons. The van der Waals surface area contributed by atoms with Crippen LogP contribution in [0, 0.1) is 0 Å². The Bertz CT molecular complexity index is 31.2. The minimum Gasteiger partial charge on any atom is -0.390 e. The Kier molecular flexibility index (Phi) is 3.98. The Labute approximate surface area is 42.9 Å². The van der Waals surface area contributed by atoms with Gasteiger partial charge in [-0.15, -0.1) is 0 Å². The summed E-state index contributed by atoms with van der Waals surface area (Å²) in [7, 11) is 0. The predicted octanol–water partition coefficient (Wildman–Crippen LogP) is -1.29. The number of hydrogen-bond donors (Lipinski definition) is 3. The van der Waals surface area contributed by atoms with E-state index in [1.165, 1.54) is 0 Å². The summed E-state index contributed by atoms with van der Waals surface area (Å²) in [6.07, 6.45) is 0.799. The molecule has 0 saturated heterocycles. The van der Waals surface area contributed by atoms with Crippen LogP contribution in [0.4, 0.5) is 0 Å². The van der Waals surface area contributed by atoms with Gasteiger partial charge in [0.15, 0.2) is 0 Å². The molecule has 0 aromatic carbocycles. The fourth-order valence-corrected chi connectivity index (χ4v) is 0.282. The summed E-state index contributed by atoms with van der Waals surface area (Å²) in [5, 5.41) is 16.6. The van der Waals surface area contributed by atoms with Crippen LogP contribution in [0.25, 0.3) is 0 Å².